The summed E-state index contributed by atoms with van der Waals surface area (Å²) in [5, 5.41) is 4.05. The standard InChI is InChI=1S/C13H21NO2.W.Y/c1-7-8(2)13(6-10(15)14-13)11(16)9(3)12(7,4)5;;/h7-9H,6H2,1-5H3,(H,14,15);;/p-1. The first-order valence-electron chi connectivity index (χ1n) is 6.03. The number of rotatable bonds is 0. The van der Waals surface area contributed by atoms with Gasteiger partial charge < -0.3 is 14.9 Å². The van der Waals surface area contributed by atoms with Crippen molar-refractivity contribution in [2.24, 2.45) is 23.2 Å². The third-order valence-electron chi connectivity index (χ3n) is 5.36. The molecule has 3 nitrogen and oxygen atoms in total. The molecule has 4 atom stereocenters. The maximum Gasteiger partial charge on any atom is 0.125 e. The molecule has 18 heavy (non-hydrogen) atoms. The molecule has 2 aliphatic rings. The third kappa shape index (κ3) is 2.33. The summed E-state index contributed by atoms with van der Waals surface area (Å²) in [4.78, 5) is 23.5. The van der Waals surface area contributed by atoms with Crippen molar-refractivity contribution >= 4 is 11.7 Å². The van der Waals surface area contributed by atoms with E-state index in [2.05, 4.69) is 33.0 Å². The quantitative estimate of drug-likeness (QED) is 0.486. The van der Waals surface area contributed by atoms with Gasteiger partial charge >= 0.3 is 0 Å². The van der Waals surface area contributed by atoms with Crippen LogP contribution >= 0.6 is 0 Å². The van der Waals surface area contributed by atoms with E-state index < -0.39 is 5.54 Å². The first kappa shape index (κ1) is 18.9. The molecule has 1 heterocycles. The molecule has 0 aromatic heterocycles. The Labute approximate surface area is 149 Å². The third-order valence-corrected chi connectivity index (χ3v) is 5.36. The summed E-state index contributed by atoms with van der Waals surface area (Å²) in [5.41, 5.74) is -0.679. The number of ketones is 1. The maximum absolute atomic E-state index is 12.4. The number of hydrogen-bond acceptors (Lipinski definition) is 2. The number of hydrogen-bond donors (Lipinski definition) is 0. The SMILES string of the molecule is CC1C(C)C(C)(C)C(C)C(=O)C12CC(=O)[N-]2.[W].[Y]. The van der Waals surface area contributed by atoms with Crippen LogP contribution in [0.15, 0.2) is 0 Å². The Balaban J connectivity index is 0.00000144. The van der Waals surface area contributed by atoms with Gasteiger partial charge in [0, 0.05) is 59.7 Å². The molecule has 0 bridgehead atoms. The fourth-order valence-corrected chi connectivity index (χ4v) is 3.24. The average Bonchev–Trinajstić information content (AvgIpc) is 2.18. The molecule has 1 amide bonds. The Kier molecular flexibility index (Phi) is 6.04. The van der Waals surface area contributed by atoms with E-state index in [1.165, 1.54) is 0 Å². The number of Topliss-reactive ketones (excluding diaryl/α,β-unsaturated/α-hetero) is 1. The second kappa shape index (κ2) is 5.74. The molecule has 2 rings (SSSR count). The molecule has 1 radical (unpaired) electrons. The minimum Gasteiger partial charge on any atom is -0.642 e. The van der Waals surface area contributed by atoms with Crippen molar-refractivity contribution in [2.75, 3.05) is 0 Å². The van der Waals surface area contributed by atoms with Gasteiger partial charge in [-0.1, -0.05) is 34.6 Å². The van der Waals surface area contributed by atoms with E-state index in [1.807, 2.05) is 6.92 Å². The number of carbonyl (C=O) groups excluding carboxylic acids is 2. The molecule has 1 saturated carbocycles. The summed E-state index contributed by atoms with van der Waals surface area (Å²) >= 11 is 0. The van der Waals surface area contributed by atoms with E-state index >= 15 is 0 Å². The normalized spacial score (nSPS) is 41.3. The first-order valence-corrected chi connectivity index (χ1v) is 6.03. The fraction of sp³-hybridized carbons (Fsp3) is 0.846. The predicted octanol–water partition coefficient (Wildman–Crippen LogP) is 2.54. The van der Waals surface area contributed by atoms with Gasteiger partial charge in [0.15, 0.2) is 0 Å². The molecule has 99 valence electrons. The van der Waals surface area contributed by atoms with Crippen molar-refractivity contribution in [3.05, 3.63) is 5.32 Å². The van der Waals surface area contributed by atoms with Gasteiger partial charge in [0.25, 0.3) is 0 Å². The average molecular weight is 495 g/mol. The molecule has 1 saturated heterocycles. The predicted molar refractivity (Wildman–Crippen MR) is 62.0 cm³/mol. The summed E-state index contributed by atoms with van der Waals surface area (Å²) in [5.74, 6) is 0.610. The molecule has 1 spiro atoms. The van der Waals surface area contributed by atoms with Crippen LogP contribution in [0.2, 0.25) is 0 Å². The van der Waals surface area contributed by atoms with Crippen molar-refractivity contribution in [2.45, 2.75) is 46.6 Å². The van der Waals surface area contributed by atoms with Crippen LogP contribution in [0.5, 0.6) is 0 Å². The largest absolute Gasteiger partial charge is 0.642 e. The van der Waals surface area contributed by atoms with Gasteiger partial charge in [-0.25, -0.2) is 0 Å². The number of nitrogens with zero attached hydrogens (tertiary/aromatic N) is 1. The van der Waals surface area contributed by atoms with E-state index in [0.717, 1.165) is 0 Å². The Morgan fingerprint density at radius 1 is 1.11 bits per heavy atom. The summed E-state index contributed by atoms with van der Waals surface area (Å²) < 4.78 is 0. The zero-order valence-corrected chi connectivity index (χ0v) is 17.5. The molecule has 4 unspecified atom stereocenters. The van der Waals surface area contributed by atoms with Crippen molar-refractivity contribution in [1.29, 1.82) is 0 Å². The minimum atomic E-state index is -0.675. The topological polar surface area (TPSA) is 48.2 Å². The second-order valence-corrected chi connectivity index (χ2v) is 6.09. The number of β-lactam (4-membered cyclic amide) rings is 1. The van der Waals surface area contributed by atoms with Crippen LogP contribution < -0.4 is 0 Å². The monoisotopic (exact) mass is 495 g/mol. The van der Waals surface area contributed by atoms with Crippen LogP contribution in [0, 0.1) is 23.2 Å². The molecule has 1 aliphatic heterocycles. The summed E-state index contributed by atoms with van der Waals surface area (Å²) in [6.07, 6.45) is 0.331. The van der Waals surface area contributed by atoms with Crippen molar-refractivity contribution in [1.82, 2.24) is 0 Å². The van der Waals surface area contributed by atoms with Crippen LogP contribution in [0.3, 0.4) is 0 Å². The van der Waals surface area contributed by atoms with Gasteiger partial charge in [-0.3, -0.25) is 0 Å². The molecule has 1 aliphatic carbocycles. The zero-order chi connectivity index (χ0) is 12.3. The van der Waals surface area contributed by atoms with Crippen LogP contribution in [0.1, 0.15) is 41.0 Å². The van der Waals surface area contributed by atoms with Gasteiger partial charge in [-0.05, 0) is 29.2 Å². The number of amides is 1. The van der Waals surface area contributed by atoms with Gasteiger partial charge in [-0.2, -0.15) is 0 Å². The van der Waals surface area contributed by atoms with Gasteiger partial charge in [0.2, 0.25) is 0 Å². The molecule has 0 N–H and O–H groups in total. The molecule has 2 fully saturated rings. The second-order valence-electron chi connectivity index (χ2n) is 6.09. The van der Waals surface area contributed by atoms with Gasteiger partial charge in [0.1, 0.15) is 5.78 Å². The Bertz CT molecular complexity index is 362. The number of carbonyl (C=O) groups is 2. The van der Waals surface area contributed by atoms with Crippen LogP contribution in [0.25, 0.3) is 5.32 Å². The van der Waals surface area contributed by atoms with Crippen molar-refractivity contribution < 1.29 is 63.4 Å². The fourth-order valence-electron chi connectivity index (χ4n) is 3.24. The summed E-state index contributed by atoms with van der Waals surface area (Å²) in [6, 6.07) is 0. The van der Waals surface area contributed by atoms with Crippen LogP contribution in [-0.2, 0) is 63.4 Å². The molecular formula is C13H20NO2WY-. The van der Waals surface area contributed by atoms with Gasteiger partial charge in [-0.15, -0.1) is 0 Å². The maximum atomic E-state index is 12.4. The van der Waals surface area contributed by atoms with E-state index in [1.54, 1.807) is 0 Å². The van der Waals surface area contributed by atoms with Gasteiger partial charge in [0.05, 0.1) is 5.91 Å². The van der Waals surface area contributed by atoms with Crippen LogP contribution in [0.4, 0.5) is 0 Å². The van der Waals surface area contributed by atoms with E-state index in [-0.39, 0.29) is 82.7 Å². The molecular weight excluding hydrogens is 475 g/mol. The molecule has 5 heteroatoms. The van der Waals surface area contributed by atoms with Crippen molar-refractivity contribution in [3.8, 4) is 0 Å². The minimum absolute atomic E-state index is 0. The van der Waals surface area contributed by atoms with E-state index in [4.69, 9.17) is 0 Å². The first-order chi connectivity index (χ1) is 7.23. The molecule has 0 aromatic rings. The Morgan fingerprint density at radius 3 is 1.94 bits per heavy atom. The smallest absolute Gasteiger partial charge is 0.125 e. The Morgan fingerprint density at radius 2 is 1.56 bits per heavy atom. The Hall–Kier alpha value is 0.932. The zero-order valence-electron chi connectivity index (χ0n) is 11.7. The summed E-state index contributed by atoms with van der Waals surface area (Å²) in [6.45, 7) is 10.5. The van der Waals surface area contributed by atoms with E-state index in [9.17, 15) is 9.59 Å². The van der Waals surface area contributed by atoms with Crippen molar-refractivity contribution in [3.63, 3.8) is 0 Å². The van der Waals surface area contributed by atoms with E-state index in [0.29, 0.717) is 12.3 Å². The van der Waals surface area contributed by atoms with Crippen LogP contribution in [-0.4, -0.2) is 17.2 Å². The summed E-state index contributed by atoms with van der Waals surface area (Å²) in [7, 11) is 0. The molecule has 0 aromatic carbocycles.